The molecule has 8 nitrogen and oxygen atoms in total. The number of pyridine rings is 1. The zero-order chi connectivity index (χ0) is 25.7. The molecule has 5 aromatic rings. The molecule has 1 aliphatic heterocycles. The lowest BCUT2D eigenvalue weighted by Gasteiger charge is -2.15. The van der Waals surface area contributed by atoms with Crippen LogP contribution in [-0.4, -0.2) is 24.7 Å². The third-order valence-electron chi connectivity index (χ3n) is 6.67. The van der Waals surface area contributed by atoms with Crippen molar-refractivity contribution in [2.24, 2.45) is 0 Å². The first-order valence-electron chi connectivity index (χ1n) is 12.1. The molecule has 0 saturated carbocycles. The Morgan fingerprint density at radius 2 is 1.97 bits per heavy atom. The number of fused-ring (bicyclic) bond motifs is 3. The molecular weight excluding hydrogens is 490 g/mol. The summed E-state index contributed by atoms with van der Waals surface area (Å²) in [6.07, 6.45) is 0.761. The largest absolute Gasteiger partial charge is 0.488 e. The molecule has 1 N–H and O–H groups in total. The Bertz CT molecular complexity index is 1760. The number of aromatic nitrogens is 5. The first kappa shape index (κ1) is 23.2. The van der Waals surface area contributed by atoms with Crippen molar-refractivity contribution in [2.75, 3.05) is 0 Å². The SMILES string of the molecule is CCc1nc2c(Cl)cc(C)nc2n1Cc1ccc2c(c1)COc1ccccc1/C2=C(\C)c1noc(=O)[nH]1. The van der Waals surface area contributed by atoms with Crippen LogP contribution >= 0.6 is 11.6 Å². The second-order valence-electron chi connectivity index (χ2n) is 9.11. The van der Waals surface area contributed by atoms with E-state index in [0.717, 1.165) is 68.3 Å². The van der Waals surface area contributed by atoms with Crippen molar-refractivity contribution < 1.29 is 9.26 Å². The van der Waals surface area contributed by atoms with Crippen molar-refractivity contribution in [3.8, 4) is 5.75 Å². The van der Waals surface area contributed by atoms with E-state index in [9.17, 15) is 4.79 Å². The highest BCUT2D eigenvalue weighted by Crippen LogP contribution is 2.40. The highest BCUT2D eigenvalue weighted by atomic mass is 35.5. The van der Waals surface area contributed by atoms with E-state index in [1.54, 1.807) is 0 Å². The lowest BCUT2D eigenvalue weighted by atomic mass is 9.89. The Morgan fingerprint density at radius 1 is 1.14 bits per heavy atom. The van der Waals surface area contributed by atoms with E-state index in [-0.39, 0.29) is 0 Å². The molecule has 0 fully saturated rings. The minimum Gasteiger partial charge on any atom is -0.488 e. The number of hydrogen-bond donors (Lipinski definition) is 1. The summed E-state index contributed by atoms with van der Waals surface area (Å²) in [5, 5.41) is 4.54. The Balaban J connectivity index is 1.49. The van der Waals surface area contributed by atoms with Crippen molar-refractivity contribution in [3.05, 3.63) is 104 Å². The summed E-state index contributed by atoms with van der Waals surface area (Å²) in [7, 11) is 0. The Labute approximate surface area is 217 Å². The second-order valence-corrected chi connectivity index (χ2v) is 9.51. The van der Waals surface area contributed by atoms with Gasteiger partial charge in [-0.1, -0.05) is 54.0 Å². The maximum absolute atomic E-state index is 11.7. The van der Waals surface area contributed by atoms with E-state index in [4.69, 9.17) is 30.8 Å². The number of allylic oxidation sites excluding steroid dienone is 1. The first-order chi connectivity index (χ1) is 17.9. The van der Waals surface area contributed by atoms with Gasteiger partial charge in [-0.25, -0.2) is 14.8 Å². The van der Waals surface area contributed by atoms with Gasteiger partial charge < -0.3 is 9.30 Å². The van der Waals surface area contributed by atoms with Crippen molar-refractivity contribution >= 4 is 33.9 Å². The number of nitrogens with zero attached hydrogens (tertiary/aromatic N) is 4. The zero-order valence-electron chi connectivity index (χ0n) is 20.6. The Hall–Kier alpha value is -4.17. The number of nitrogens with one attached hydrogen (secondary N) is 1. The smallest absolute Gasteiger partial charge is 0.439 e. The topological polar surface area (TPSA) is 98.8 Å². The van der Waals surface area contributed by atoms with Crippen molar-refractivity contribution in [1.29, 1.82) is 0 Å². The predicted octanol–water partition coefficient (Wildman–Crippen LogP) is 5.55. The molecule has 37 heavy (non-hydrogen) atoms. The average molecular weight is 514 g/mol. The number of benzene rings is 2. The number of ether oxygens (including phenoxy) is 1. The van der Waals surface area contributed by atoms with Gasteiger partial charge in [0.05, 0.1) is 11.6 Å². The van der Waals surface area contributed by atoms with Gasteiger partial charge in [-0.15, -0.1) is 0 Å². The molecular formula is C28H24ClN5O3. The first-order valence-corrected chi connectivity index (χ1v) is 12.4. The van der Waals surface area contributed by atoms with Crippen LogP contribution < -0.4 is 10.5 Å². The molecule has 0 unspecified atom stereocenters. The van der Waals surface area contributed by atoms with Crippen molar-refractivity contribution in [3.63, 3.8) is 0 Å². The number of aromatic amines is 1. The molecule has 0 spiro atoms. The average Bonchev–Trinajstić information content (AvgIpc) is 3.43. The lowest BCUT2D eigenvalue weighted by molar-refractivity contribution is 0.307. The molecule has 9 heteroatoms. The molecule has 186 valence electrons. The van der Waals surface area contributed by atoms with Crippen LogP contribution in [0.15, 0.2) is 57.8 Å². The quantitative estimate of drug-likeness (QED) is 0.338. The predicted molar refractivity (Wildman–Crippen MR) is 142 cm³/mol. The van der Waals surface area contributed by atoms with E-state index in [1.165, 1.54) is 0 Å². The van der Waals surface area contributed by atoms with Gasteiger partial charge in [0.15, 0.2) is 11.5 Å². The summed E-state index contributed by atoms with van der Waals surface area (Å²) in [6, 6.07) is 16.1. The fourth-order valence-electron chi connectivity index (χ4n) is 4.96. The van der Waals surface area contributed by atoms with Gasteiger partial charge in [0.25, 0.3) is 0 Å². The van der Waals surface area contributed by atoms with Crippen LogP contribution in [0.5, 0.6) is 5.75 Å². The second kappa shape index (κ2) is 9.05. The van der Waals surface area contributed by atoms with E-state index in [2.05, 4.69) is 39.8 Å². The van der Waals surface area contributed by atoms with Gasteiger partial charge >= 0.3 is 5.76 Å². The number of hydrogen-bond acceptors (Lipinski definition) is 6. The van der Waals surface area contributed by atoms with E-state index >= 15 is 0 Å². The number of imidazole rings is 1. The van der Waals surface area contributed by atoms with E-state index < -0.39 is 5.76 Å². The van der Waals surface area contributed by atoms with Gasteiger partial charge in [0.1, 0.15) is 23.7 Å². The maximum Gasteiger partial charge on any atom is 0.439 e. The maximum atomic E-state index is 11.7. The van der Waals surface area contributed by atoms with Crippen molar-refractivity contribution in [1.82, 2.24) is 24.7 Å². The molecule has 0 amide bonds. The fourth-order valence-corrected chi connectivity index (χ4v) is 5.24. The van der Waals surface area contributed by atoms with Gasteiger partial charge in [0.2, 0.25) is 0 Å². The van der Waals surface area contributed by atoms with E-state index in [1.807, 2.05) is 44.2 Å². The molecule has 6 rings (SSSR count). The number of rotatable bonds is 4. The number of H-pyrrole nitrogens is 1. The zero-order valence-corrected chi connectivity index (χ0v) is 21.4. The van der Waals surface area contributed by atoms with E-state index in [0.29, 0.717) is 24.0 Å². The van der Waals surface area contributed by atoms with Crippen LogP contribution in [-0.2, 0) is 19.6 Å². The number of halogens is 1. The molecule has 1 aliphatic rings. The van der Waals surface area contributed by atoms with Gasteiger partial charge in [0, 0.05) is 23.3 Å². The highest BCUT2D eigenvalue weighted by molar-refractivity contribution is 6.34. The molecule has 0 atom stereocenters. The summed E-state index contributed by atoms with van der Waals surface area (Å²) in [5.74, 6) is 1.50. The monoisotopic (exact) mass is 513 g/mol. The summed E-state index contributed by atoms with van der Waals surface area (Å²) in [4.78, 5) is 23.8. The minimum absolute atomic E-state index is 0.391. The third-order valence-corrected chi connectivity index (χ3v) is 6.96. The summed E-state index contributed by atoms with van der Waals surface area (Å²) >= 11 is 6.49. The van der Waals surface area contributed by atoms with Gasteiger partial charge in [-0.05, 0) is 54.3 Å². The minimum atomic E-state index is -0.591. The Morgan fingerprint density at radius 3 is 2.76 bits per heavy atom. The molecule has 3 aromatic heterocycles. The molecule has 0 bridgehead atoms. The van der Waals surface area contributed by atoms with Crippen LogP contribution in [0.4, 0.5) is 0 Å². The molecule has 0 radical (unpaired) electrons. The summed E-state index contributed by atoms with van der Waals surface area (Å²) < 4.78 is 13.1. The van der Waals surface area contributed by atoms with Gasteiger partial charge in [-0.3, -0.25) is 9.51 Å². The van der Waals surface area contributed by atoms with Gasteiger partial charge in [-0.2, -0.15) is 0 Å². The molecule has 4 heterocycles. The normalized spacial score (nSPS) is 14.2. The highest BCUT2D eigenvalue weighted by Gasteiger charge is 2.23. The number of aryl methyl sites for hydroxylation is 2. The molecule has 0 aliphatic carbocycles. The van der Waals surface area contributed by atoms with Crippen LogP contribution in [0.25, 0.3) is 22.3 Å². The Kier molecular flexibility index (Phi) is 5.68. The van der Waals surface area contributed by atoms with Crippen LogP contribution in [0.2, 0.25) is 5.02 Å². The standard InChI is InChI=1S/C28H24ClN5O3/c1-4-23-31-25-21(29)11-15(2)30-27(25)34(23)13-17-9-10-19-18(12-17)14-36-22-8-6-5-7-20(22)24(19)16(3)26-32-28(35)37-33-26/h5-12H,4,13-14H2,1-3H3,(H,32,33,35)/b24-16+. The third kappa shape index (κ3) is 4.03. The van der Waals surface area contributed by atoms with Crippen LogP contribution in [0.3, 0.4) is 0 Å². The summed E-state index contributed by atoms with van der Waals surface area (Å²) in [5.41, 5.74) is 8.15. The number of para-hydroxylation sites is 1. The fraction of sp³-hybridized carbons (Fsp3) is 0.214. The lowest BCUT2D eigenvalue weighted by Crippen LogP contribution is -2.07. The molecule has 0 saturated heterocycles. The van der Waals surface area contributed by atoms with Crippen LogP contribution in [0.1, 0.15) is 53.4 Å². The summed E-state index contributed by atoms with van der Waals surface area (Å²) in [6.45, 7) is 6.94. The van der Waals surface area contributed by atoms with Crippen molar-refractivity contribution in [2.45, 2.75) is 40.3 Å². The molecule has 2 aromatic carbocycles. The van der Waals surface area contributed by atoms with Crippen LogP contribution in [0, 0.1) is 6.92 Å².